The van der Waals surface area contributed by atoms with Gasteiger partial charge in [-0.1, -0.05) is 11.6 Å². The van der Waals surface area contributed by atoms with Crippen LogP contribution in [0.25, 0.3) is 0 Å². The van der Waals surface area contributed by atoms with E-state index in [1.165, 1.54) is 0 Å². The summed E-state index contributed by atoms with van der Waals surface area (Å²) in [6.07, 6.45) is 3.57. The molecule has 3 nitrogen and oxygen atoms in total. The van der Waals surface area contributed by atoms with Crippen molar-refractivity contribution in [3.63, 3.8) is 0 Å². The predicted molar refractivity (Wildman–Crippen MR) is 53.4 cm³/mol. The Hall–Kier alpha value is -0.900. The normalized spacial score (nSPS) is 18.6. The molecule has 14 heavy (non-hydrogen) atoms. The Morgan fingerprint density at radius 1 is 1.29 bits per heavy atom. The van der Waals surface area contributed by atoms with Crippen molar-refractivity contribution >= 4 is 17.4 Å². The van der Waals surface area contributed by atoms with Crippen molar-refractivity contribution in [3.05, 3.63) is 17.5 Å². The molecule has 2 rings (SSSR count). The molecule has 1 aliphatic heterocycles. The van der Waals surface area contributed by atoms with E-state index in [1.807, 2.05) is 4.90 Å². The molecular weight excluding hydrogens is 205 g/mol. The van der Waals surface area contributed by atoms with Crippen LogP contribution in [0.2, 0.25) is 5.15 Å². The number of piperidine rings is 1. The second-order valence-electron chi connectivity index (χ2n) is 3.33. The zero-order valence-electron chi connectivity index (χ0n) is 7.66. The Kier molecular flexibility index (Phi) is 2.82. The van der Waals surface area contributed by atoms with Gasteiger partial charge in [0.25, 0.3) is 0 Å². The van der Waals surface area contributed by atoms with E-state index < -0.39 is 6.17 Å². The SMILES string of the molecule is FC1CCN(c2nccnc2Cl)CC1. The van der Waals surface area contributed by atoms with E-state index in [0.717, 1.165) is 0 Å². The largest absolute Gasteiger partial charge is 0.354 e. The molecule has 0 atom stereocenters. The van der Waals surface area contributed by atoms with Gasteiger partial charge in [0, 0.05) is 25.5 Å². The summed E-state index contributed by atoms with van der Waals surface area (Å²) in [7, 11) is 0. The molecule has 5 heteroatoms. The smallest absolute Gasteiger partial charge is 0.171 e. The topological polar surface area (TPSA) is 29.0 Å². The molecular formula is C9H11ClFN3. The summed E-state index contributed by atoms with van der Waals surface area (Å²) in [4.78, 5) is 10.1. The Balaban J connectivity index is 2.12. The highest BCUT2D eigenvalue weighted by atomic mass is 35.5. The van der Waals surface area contributed by atoms with Gasteiger partial charge in [0.15, 0.2) is 11.0 Å². The number of anilines is 1. The van der Waals surface area contributed by atoms with Crippen LogP contribution in [0.4, 0.5) is 10.2 Å². The van der Waals surface area contributed by atoms with E-state index in [-0.39, 0.29) is 0 Å². The first-order valence-corrected chi connectivity index (χ1v) is 5.00. The summed E-state index contributed by atoms with van der Waals surface area (Å²) in [6.45, 7) is 1.33. The number of rotatable bonds is 1. The van der Waals surface area contributed by atoms with Crippen LogP contribution in [0.3, 0.4) is 0 Å². The third-order valence-electron chi connectivity index (χ3n) is 2.36. The fraction of sp³-hybridized carbons (Fsp3) is 0.556. The third-order valence-corrected chi connectivity index (χ3v) is 2.63. The molecule has 0 N–H and O–H groups in total. The van der Waals surface area contributed by atoms with Crippen LogP contribution in [-0.4, -0.2) is 29.2 Å². The van der Waals surface area contributed by atoms with E-state index in [1.54, 1.807) is 12.4 Å². The van der Waals surface area contributed by atoms with Gasteiger partial charge in [-0.15, -0.1) is 0 Å². The Morgan fingerprint density at radius 3 is 2.57 bits per heavy atom. The van der Waals surface area contributed by atoms with Gasteiger partial charge < -0.3 is 4.90 Å². The molecule has 1 saturated heterocycles. The zero-order chi connectivity index (χ0) is 9.97. The Labute approximate surface area is 86.9 Å². The minimum absolute atomic E-state index is 0.393. The molecule has 0 aromatic carbocycles. The van der Waals surface area contributed by atoms with Gasteiger partial charge in [0.1, 0.15) is 6.17 Å². The summed E-state index contributed by atoms with van der Waals surface area (Å²) in [5.41, 5.74) is 0. The lowest BCUT2D eigenvalue weighted by molar-refractivity contribution is 0.276. The molecule has 0 bridgehead atoms. The highest BCUT2D eigenvalue weighted by Gasteiger charge is 2.21. The van der Waals surface area contributed by atoms with Crippen molar-refractivity contribution in [2.45, 2.75) is 19.0 Å². The molecule has 1 aromatic heterocycles. The monoisotopic (exact) mass is 215 g/mol. The molecule has 76 valence electrons. The Bertz CT molecular complexity index is 313. The maximum atomic E-state index is 12.9. The Morgan fingerprint density at radius 2 is 1.93 bits per heavy atom. The number of aromatic nitrogens is 2. The van der Waals surface area contributed by atoms with Crippen molar-refractivity contribution in [1.82, 2.24) is 9.97 Å². The van der Waals surface area contributed by atoms with Gasteiger partial charge in [-0.25, -0.2) is 14.4 Å². The van der Waals surface area contributed by atoms with Gasteiger partial charge in [-0.05, 0) is 12.8 Å². The minimum atomic E-state index is -0.679. The molecule has 0 spiro atoms. The molecule has 0 radical (unpaired) electrons. The molecule has 2 heterocycles. The second-order valence-corrected chi connectivity index (χ2v) is 3.69. The van der Waals surface area contributed by atoms with Crippen LogP contribution in [0.15, 0.2) is 12.4 Å². The average Bonchev–Trinajstić information content (AvgIpc) is 2.20. The molecule has 0 aliphatic carbocycles. The van der Waals surface area contributed by atoms with Gasteiger partial charge in [-0.3, -0.25) is 0 Å². The maximum absolute atomic E-state index is 12.9. The van der Waals surface area contributed by atoms with E-state index in [0.29, 0.717) is 36.9 Å². The quantitative estimate of drug-likeness (QED) is 0.718. The number of alkyl halides is 1. The molecule has 1 aliphatic rings. The third kappa shape index (κ3) is 1.95. The lowest BCUT2D eigenvalue weighted by Gasteiger charge is -2.29. The van der Waals surface area contributed by atoms with Crippen molar-refractivity contribution in [2.24, 2.45) is 0 Å². The highest BCUT2D eigenvalue weighted by Crippen LogP contribution is 2.24. The second kappa shape index (κ2) is 4.09. The van der Waals surface area contributed by atoms with E-state index in [2.05, 4.69) is 9.97 Å². The summed E-state index contributed by atoms with van der Waals surface area (Å²) in [5, 5.41) is 0.393. The van der Waals surface area contributed by atoms with Crippen molar-refractivity contribution in [2.75, 3.05) is 18.0 Å². The number of nitrogens with zero attached hydrogens (tertiary/aromatic N) is 3. The van der Waals surface area contributed by atoms with Gasteiger partial charge in [-0.2, -0.15) is 0 Å². The van der Waals surface area contributed by atoms with Crippen LogP contribution in [-0.2, 0) is 0 Å². The van der Waals surface area contributed by atoms with E-state index in [4.69, 9.17) is 11.6 Å². The lowest BCUT2D eigenvalue weighted by atomic mass is 10.1. The van der Waals surface area contributed by atoms with Crippen molar-refractivity contribution < 1.29 is 4.39 Å². The summed E-state index contributed by atoms with van der Waals surface area (Å²) >= 11 is 5.88. The summed E-state index contributed by atoms with van der Waals surface area (Å²) in [5.74, 6) is 0.668. The van der Waals surface area contributed by atoms with Gasteiger partial charge >= 0.3 is 0 Å². The van der Waals surface area contributed by atoms with Gasteiger partial charge in [0.2, 0.25) is 0 Å². The van der Waals surface area contributed by atoms with Crippen molar-refractivity contribution in [1.29, 1.82) is 0 Å². The molecule has 1 fully saturated rings. The van der Waals surface area contributed by atoms with E-state index in [9.17, 15) is 4.39 Å². The molecule has 0 unspecified atom stereocenters. The van der Waals surface area contributed by atoms with Crippen LogP contribution in [0.1, 0.15) is 12.8 Å². The fourth-order valence-electron chi connectivity index (χ4n) is 1.59. The summed E-state index contributed by atoms with van der Waals surface area (Å²) < 4.78 is 12.9. The average molecular weight is 216 g/mol. The predicted octanol–water partition coefficient (Wildman–Crippen LogP) is 2.07. The zero-order valence-corrected chi connectivity index (χ0v) is 8.41. The highest BCUT2D eigenvalue weighted by molar-refractivity contribution is 6.31. The lowest BCUT2D eigenvalue weighted by Crippen LogP contribution is -2.35. The van der Waals surface area contributed by atoms with Crippen LogP contribution < -0.4 is 4.90 Å². The standard InChI is InChI=1S/C9H11ClFN3/c10-8-9(13-4-3-12-8)14-5-1-7(11)2-6-14/h3-4,7H,1-2,5-6H2. The number of hydrogen-bond donors (Lipinski definition) is 0. The number of halogens is 2. The van der Waals surface area contributed by atoms with Crippen molar-refractivity contribution in [3.8, 4) is 0 Å². The first-order chi connectivity index (χ1) is 6.77. The fourth-order valence-corrected chi connectivity index (χ4v) is 1.81. The molecule has 0 amide bonds. The first kappa shape index (κ1) is 9.65. The van der Waals surface area contributed by atoms with Gasteiger partial charge in [0.05, 0.1) is 0 Å². The molecule has 0 saturated carbocycles. The minimum Gasteiger partial charge on any atom is -0.354 e. The summed E-state index contributed by atoms with van der Waals surface area (Å²) in [6, 6.07) is 0. The first-order valence-electron chi connectivity index (χ1n) is 4.63. The maximum Gasteiger partial charge on any atom is 0.171 e. The number of hydrogen-bond acceptors (Lipinski definition) is 3. The van der Waals surface area contributed by atoms with Crippen LogP contribution in [0.5, 0.6) is 0 Å². The van der Waals surface area contributed by atoms with E-state index >= 15 is 0 Å². The van der Waals surface area contributed by atoms with Crippen LogP contribution >= 0.6 is 11.6 Å². The van der Waals surface area contributed by atoms with Crippen LogP contribution in [0, 0.1) is 0 Å². The molecule has 1 aromatic rings.